The number of fused-ring (bicyclic) bond motifs is 3. The van der Waals surface area contributed by atoms with Crippen LogP contribution in [-0.4, -0.2) is 23.9 Å². The number of hydrogen-bond donors (Lipinski definition) is 0. The zero-order valence-corrected chi connectivity index (χ0v) is 13.6. The standard InChI is InChI=1S/C20H16FNO3/c1-25-20(24)17-11-22-18(14-4-2-3-5-15(14)19(22)23)10-16(17)12-6-8-13(21)9-7-12/h2-9,11,16,18H,10H2,1H3/t16-,18+/m1/s1. The lowest BCUT2D eigenvalue weighted by Crippen LogP contribution is -2.31. The first-order chi connectivity index (χ1) is 12.1. The van der Waals surface area contributed by atoms with Crippen molar-refractivity contribution in [2.45, 2.75) is 18.4 Å². The highest BCUT2D eigenvalue weighted by molar-refractivity contribution is 6.01. The minimum Gasteiger partial charge on any atom is -0.466 e. The van der Waals surface area contributed by atoms with Crippen LogP contribution < -0.4 is 0 Å². The molecule has 2 aliphatic rings. The molecule has 126 valence electrons. The normalized spacial score (nSPS) is 21.4. The van der Waals surface area contributed by atoms with E-state index in [-0.39, 0.29) is 23.7 Å². The second-order valence-corrected chi connectivity index (χ2v) is 6.23. The van der Waals surface area contributed by atoms with E-state index in [0.29, 0.717) is 17.6 Å². The van der Waals surface area contributed by atoms with Gasteiger partial charge in [-0.3, -0.25) is 4.79 Å². The molecule has 0 unspecified atom stereocenters. The quantitative estimate of drug-likeness (QED) is 0.787. The van der Waals surface area contributed by atoms with E-state index >= 15 is 0 Å². The highest BCUT2D eigenvalue weighted by Gasteiger charge is 2.42. The molecule has 4 rings (SSSR count). The number of methoxy groups -OCH3 is 1. The van der Waals surface area contributed by atoms with E-state index in [1.54, 1.807) is 29.3 Å². The van der Waals surface area contributed by atoms with Crippen molar-refractivity contribution in [1.29, 1.82) is 0 Å². The first-order valence-corrected chi connectivity index (χ1v) is 8.07. The fraction of sp³-hybridized carbons (Fsp3) is 0.200. The third-order valence-electron chi connectivity index (χ3n) is 4.93. The van der Waals surface area contributed by atoms with Gasteiger partial charge in [0.15, 0.2) is 0 Å². The predicted octanol–water partition coefficient (Wildman–Crippen LogP) is 3.57. The topological polar surface area (TPSA) is 46.6 Å². The van der Waals surface area contributed by atoms with Crippen molar-refractivity contribution in [3.8, 4) is 0 Å². The molecule has 0 bridgehead atoms. The number of nitrogens with zero attached hydrogens (tertiary/aromatic N) is 1. The molecule has 2 aliphatic heterocycles. The lowest BCUT2D eigenvalue weighted by atomic mass is 9.82. The smallest absolute Gasteiger partial charge is 0.335 e. The molecule has 0 N–H and O–H groups in total. The van der Waals surface area contributed by atoms with Crippen LogP contribution in [0.25, 0.3) is 0 Å². The van der Waals surface area contributed by atoms with E-state index in [0.717, 1.165) is 11.1 Å². The monoisotopic (exact) mass is 337 g/mol. The highest BCUT2D eigenvalue weighted by atomic mass is 19.1. The Hall–Kier alpha value is -2.95. The summed E-state index contributed by atoms with van der Waals surface area (Å²) in [7, 11) is 1.32. The van der Waals surface area contributed by atoms with E-state index in [1.165, 1.54) is 19.2 Å². The fourth-order valence-electron chi connectivity index (χ4n) is 3.72. The van der Waals surface area contributed by atoms with Crippen LogP contribution in [0.2, 0.25) is 0 Å². The van der Waals surface area contributed by atoms with Gasteiger partial charge in [0.25, 0.3) is 5.91 Å². The third kappa shape index (κ3) is 2.43. The fourth-order valence-corrected chi connectivity index (χ4v) is 3.72. The van der Waals surface area contributed by atoms with Crippen LogP contribution in [0.3, 0.4) is 0 Å². The molecule has 0 spiro atoms. The van der Waals surface area contributed by atoms with E-state index in [1.807, 2.05) is 18.2 Å². The number of carbonyl (C=O) groups excluding carboxylic acids is 2. The van der Waals surface area contributed by atoms with E-state index in [2.05, 4.69) is 0 Å². The van der Waals surface area contributed by atoms with Crippen LogP contribution in [-0.2, 0) is 9.53 Å². The van der Waals surface area contributed by atoms with Gasteiger partial charge in [-0.2, -0.15) is 0 Å². The first-order valence-electron chi connectivity index (χ1n) is 8.07. The molecular weight excluding hydrogens is 321 g/mol. The third-order valence-corrected chi connectivity index (χ3v) is 4.93. The van der Waals surface area contributed by atoms with Crippen LogP contribution in [0.5, 0.6) is 0 Å². The van der Waals surface area contributed by atoms with Gasteiger partial charge >= 0.3 is 5.97 Å². The van der Waals surface area contributed by atoms with Crippen LogP contribution in [0, 0.1) is 5.82 Å². The van der Waals surface area contributed by atoms with Gasteiger partial charge < -0.3 is 9.64 Å². The molecule has 0 saturated carbocycles. The van der Waals surface area contributed by atoms with Gasteiger partial charge in [-0.1, -0.05) is 30.3 Å². The molecule has 2 aromatic rings. The van der Waals surface area contributed by atoms with Crippen molar-refractivity contribution >= 4 is 11.9 Å². The van der Waals surface area contributed by atoms with Gasteiger partial charge in [0.05, 0.1) is 18.7 Å². The lowest BCUT2D eigenvalue weighted by molar-refractivity contribution is -0.136. The van der Waals surface area contributed by atoms with Gasteiger partial charge in [0.1, 0.15) is 5.82 Å². The zero-order chi connectivity index (χ0) is 17.6. The minimum absolute atomic E-state index is 0.112. The molecule has 4 nitrogen and oxygen atoms in total. The average molecular weight is 337 g/mol. The van der Waals surface area contributed by atoms with Crippen molar-refractivity contribution in [3.63, 3.8) is 0 Å². The number of hydrogen-bond acceptors (Lipinski definition) is 3. The summed E-state index contributed by atoms with van der Waals surface area (Å²) in [5, 5.41) is 0. The van der Waals surface area contributed by atoms with Crippen molar-refractivity contribution in [3.05, 3.63) is 82.8 Å². The summed E-state index contributed by atoms with van der Waals surface area (Å²) in [6, 6.07) is 13.5. The van der Waals surface area contributed by atoms with Crippen LogP contribution in [0.4, 0.5) is 4.39 Å². The molecular formula is C20H16FNO3. The van der Waals surface area contributed by atoms with Gasteiger partial charge in [-0.15, -0.1) is 0 Å². The maximum absolute atomic E-state index is 13.3. The number of benzene rings is 2. The first kappa shape index (κ1) is 15.6. The molecule has 2 atom stereocenters. The Labute approximate surface area is 144 Å². The minimum atomic E-state index is -0.475. The van der Waals surface area contributed by atoms with E-state index < -0.39 is 5.97 Å². The number of carbonyl (C=O) groups is 2. The van der Waals surface area contributed by atoms with Gasteiger partial charge in [-0.05, 0) is 35.7 Å². The molecule has 1 amide bonds. The Kier molecular flexibility index (Phi) is 3.64. The molecule has 0 saturated heterocycles. The van der Waals surface area contributed by atoms with Crippen LogP contribution >= 0.6 is 0 Å². The van der Waals surface area contributed by atoms with Crippen molar-refractivity contribution in [2.24, 2.45) is 0 Å². The summed E-state index contributed by atoms with van der Waals surface area (Å²) in [4.78, 5) is 26.5. The predicted molar refractivity (Wildman–Crippen MR) is 89.2 cm³/mol. The number of esters is 1. The molecule has 25 heavy (non-hydrogen) atoms. The molecule has 5 heteroatoms. The summed E-state index contributed by atoms with van der Waals surface area (Å²) in [6.45, 7) is 0. The highest BCUT2D eigenvalue weighted by Crippen LogP contribution is 2.46. The second kappa shape index (κ2) is 5.84. The van der Waals surface area contributed by atoms with Crippen LogP contribution in [0.1, 0.15) is 39.9 Å². The van der Waals surface area contributed by atoms with Gasteiger partial charge in [0.2, 0.25) is 0 Å². The number of halogens is 1. The van der Waals surface area contributed by atoms with Crippen molar-refractivity contribution in [1.82, 2.24) is 4.90 Å². The number of rotatable bonds is 2. The lowest BCUT2D eigenvalue weighted by Gasteiger charge is -2.33. The zero-order valence-electron chi connectivity index (χ0n) is 13.6. The Bertz CT molecular complexity index is 888. The Morgan fingerprint density at radius 1 is 1.16 bits per heavy atom. The molecule has 0 aromatic heterocycles. The summed E-state index contributed by atoms with van der Waals surface area (Å²) in [5.74, 6) is -1.17. The van der Waals surface area contributed by atoms with Crippen molar-refractivity contribution < 1.29 is 18.7 Å². The molecule has 0 fully saturated rings. The molecule has 2 aromatic carbocycles. The Morgan fingerprint density at radius 2 is 1.88 bits per heavy atom. The Balaban J connectivity index is 1.82. The molecule has 0 radical (unpaired) electrons. The van der Waals surface area contributed by atoms with Gasteiger partial charge in [-0.25, -0.2) is 9.18 Å². The van der Waals surface area contributed by atoms with Crippen molar-refractivity contribution in [2.75, 3.05) is 7.11 Å². The number of ether oxygens (including phenoxy) is 1. The largest absolute Gasteiger partial charge is 0.466 e. The van der Waals surface area contributed by atoms with E-state index in [4.69, 9.17) is 4.74 Å². The maximum atomic E-state index is 13.3. The maximum Gasteiger partial charge on any atom is 0.335 e. The number of amides is 1. The summed E-state index contributed by atoms with van der Waals surface area (Å²) >= 11 is 0. The SMILES string of the molecule is COC(=O)C1=CN2C(=O)c3ccccc3[C@@H]2C[C@@H]1c1ccc(F)cc1. The Morgan fingerprint density at radius 3 is 2.60 bits per heavy atom. The summed E-state index contributed by atoms with van der Waals surface area (Å²) in [6.07, 6.45) is 2.14. The van der Waals surface area contributed by atoms with Gasteiger partial charge in [0, 0.05) is 17.7 Å². The summed E-state index contributed by atoms with van der Waals surface area (Å²) in [5.41, 5.74) is 2.86. The molecule has 2 heterocycles. The van der Waals surface area contributed by atoms with Crippen LogP contribution in [0.15, 0.2) is 60.3 Å². The average Bonchev–Trinajstić information content (AvgIpc) is 2.93. The molecule has 0 aliphatic carbocycles. The summed E-state index contributed by atoms with van der Waals surface area (Å²) < 4.78 is 18.2. The second-order valence-electron chi connectivity index (χ2n) is 6.23. The van der Waals surface area contributed by atoms with E-state index in [9.17, 15) is 14.0 Å².